The van der Waals surface area contributed by atoms with Crippen molar-refractivity contribution >= 4 is 0 Å². The molecule has 15 heavy (non-hydrogen) atoms. The van der Waals surface area contributed by atoms with Crippen molar-refractivity contribution in [3.8, 4) is 5.69 Å². The van der Waals surface area contributed by atoms with Gasteiger partial charge in [-0.2, -0.15) is 5.10 Å². The molecule has 0 amide bonds. The number of aliphatic hydroxyl groups is 1. The molecule has 1 N–H and O–H groups in total. The van der Waals surface area contributed by atoms with Gasteiger partial charge in [-0.05, 0) is 25.1 Å². The van der Waals surface area contributed by atoms with Crippen molar-refractivity contribution in [1.29, 1.82) is 0 Å². The quantitative estimate of drug-likeness (QED) is 0.811. The Morgan fingerprint density at radius 2 is 2.27 bits per heavy atom. The molecule has 78 valence electrons. The van der Waals surface area contributed by atoms with E-state index in [1.165, 1.54) is 29.5 Å². The molecule has 0 fully saturated rings. The molecule has 0 bridgehead atoms. The van der Waals surface area contributed by atoms with Crippen molar-refractivity contribution in [1.82, 2.24) is 14.8 Å². The van der Waals surface area contributed by atoms with E-state index in [1.54, 1.807) is 13.0 Å². The summed E-state index contributed by atoms with van der Waals surface area (Å²) in [6.07, 6.45) is 2.13. The van der Waals surface area contributed by atoms with Gasteiger partial charge in [-0.15, -0.1) is 0 Å². The fraction of sp³-hybridized carbons (Fsp3) is 0.200. The number of halogens is 1. The van der Waals surface area contributed by atoms with Crippen LogP contribution in [0.25, 0.3) is 5.69 Å². The molecule has 2 rings (SSSR count). The lowest BCUT2D eigenvalue weighted by Crippen LogP contribution is -2.03. The number of hydrogen-bond acceptors (Lipinski definition) is 3. The first kappa shape index (κ1) is 9.79. The Balaban J connectivity index is 2.56. The van der Waals surface area contributed by atoms with E-state index in [-0.39, 0.29) is 5.82 Å². The zero-order chi connectivity index (χ0) is 10.8. The molecule has 0 saturated heterocycles. The summed E-state index contributed by atoms with van der Waals surface area (Å²) in [6.45, 7) is 1.58. The predicted molar refractivity (Wildman–Crippen MR) is 52.0 cm³/mol. The van der Waals surface area contributed by atoms with Crippen LogP contribution >= 0.6 is 0 Å². The molecule has 1 aromatic carbocycles. The Bertz CT molecular complexity index is 454. The van der Waals surface area contributed by atoms with Crippen LogP contribution < -0.4 is 0 Å². The van der Waals surface area contributed by atoms with Crippen LogP contribution in [0.1, 0.15) is 18.6 Å². The summed E-state index contributed by atoms with van der Waals surface area (Å²) in [6, 6.07) is 4.18. The van der Waals surface area contributed by atoms with E-state index in [9.17, 15) is 9.50 Å². The summed E-state index contributed by atoms with van der Waals surface area (Å²) in [5.74, 6) is -0.380. The predicted octanol–water partition coefficient (Wildman–Crippen LogP) is 1.46. The molecule has 0 aliphatic carbocycles. The number of nitrogens with zero attached hydrogens (tertiary/aromatic N) is 3. The molecule has 0 saturated carbocycles. The first-order valence-corrected chi connectivity index (χ1v) is 4.51. The van der Waals surface area contributed by atoms with Crippen LogP contribution in [0.3, 0.4) is 0 Å². The molecule has 1 heterocycles. The molecular weight excluding hydrogens is 197 g/mol. The summed E-state index contributed by atoms with van der Waals surface area (Å²) in [5, 5.41) is 13.4. The number of hydrogen-bond donors (Lipinski definition) is 1. The highest BCUT2D eigenvalue weighted by molar-refractivity contribution is 5.41. The number of aliphatic hydroxyl groups excluding tert-OH is 1. The van der Waals surface area contributed by atoms with Crippen LogP contribution in [0.4, 0.5) is 4.39 Å². The zero-order valence-electron chi connectivity index (χ0n) is 8.13. The van der Waals surface area contributed by atoms with Crippen molar-refractivity contribution in [3.05, 3.63) is 42.2 Å². The monoisotopic (exact) mass is 207 g/mol. The molecule has 2 aromatic rings. The molecule has 0 aliphatic heterocycles. The second-order valence-electron chi connectivity index (χ2n) is 3.22. The maximum Gasteiger partial charge on any atom is 0.138 e. The fourth-order valence-corrected chi connectivity index (χ4v) is 1.40. The molecule has 1 atom stereocenters. The van der Waals surface area contributed by atoms with Gasteiger partial charge >= 0.3 is 0 Å². The van der Waals surface area contributed by atoms with Crippen LogP contribution in [0, 0.1) is 5.82 Å². The van der Waals surface area contributed by atoms with Gasteiger partial charge in [0.15, 0.2) is 0 Å². The number of aromatic nitrogens is 3. The van der Waals surface area contributed by atoms with Gasteiger partial charge in [-0.25, -0.2) is 14.1 Å². The molecule has 5 heteroatoms. The van der Waals surface area contributed by atoms with Crippen LogP contribution in [-0.4, -0.2) is 19.9 Å². The van der Waals surface area contributed by atoms with E-state index in [0.717, 1.165) is 0 Å². The Hall–Kier alpha value is -1.75. The van der Waals surface area contributed by atoms with Gasteiger partial charge in [0.2, 0.25) is 0 Å². The van der Waals surface area contributed by atoms with Gasteiger partial charge in [0.05, 0.1) is 11.8 Å². The summed E-state index contributed by atoms with van der Waals surface area (Å²) < 4.78 is 14.5. The average molecular weight is 207 g/mol. The van der Waals surface area contributed by atoms with E-state index in [0.29, 0.717) is 11.3 Å². The van der Waals surface area contributed by atoms with E-state index in [1.807, 2.05) is 0 Å². The summed E-state index contributed by atoms with van der Waals surface area (Å²) in [4.78, 5) is 3.80. The van der Waals surface area contributed by atoms with Crippen molar-refractivity contribution in [2.24, 2.45) is 0 Å². The number of rotatable bonds is 2. The first-order chi connectivity index (χ1) is 7.18. The highest BCUT2D eigenvalue weighted by Gasteiger charge is 2.11. The van der Waals surface area contributed by atoms with Crippen LogP contribution in [0.2, 0.25) is 0 Å². The third kappa shape index (κ3) is 1.87. The van der Waals surface area contributed by atoms with Crippen LogP contribution in [0.15, 0.2) is 30.9 Å². The minimum absolute atomic E-state index is 0.380. The number of benzene rings is 1. The molecule has 4 nitrogen and oxygen atoms in total. The van der Waals surface area contributed by atoms with Gasteiger partial charge < -0.3 is 5.11 Å². The lowest BCUT2D eigenvalue weighted by Gasteiger charge is -2.11. The normalized spacial score (nSPS) is 12.7. The highest BCUT2D eigenvalue weighted by atomic mass is 19.1. The third-order valence-corrected chi connectivity index (χ3v) is 2.11. The lowest BCUT2D eigenvalue weighted by molar-refractivity contribution is 0.198. The van der Waals surface area contributed by atoms with Gasteiger partial charge in [-0.3, -0.25) is 0 Å². The Kier molecular flexibility index (Phi) is 2.47. The van der Waals surface area contributed by atoms with Crippen molar-refractivity contribution in [2.45, 2.75) is 13.0 Å². The van der Waals surface area contributed by atoms with Gasteiger partial charge in [0.1, 0.15) is 18.5 Å². The van der Waals surface area contributed by atoms with Crippen molar-refractivity contribution in [2.75, 3.05) is 0 Å². The SMILES string of the molecule is CC(O)c1cc(F)ccc1-n1cncn1. The Labute approximate surface area is 86.0 Å². The van der Waals surface area contributed by atoms with E-state index >= 15 is 0 Å². The zero-order valence-corrected chi connectivity index (χ0v) is 8.13. The van der Waals surface area contributed by atoms with E-state index in [2.05, 4.69) is 10.1 Å². The second kappa shape index (κ2) is 3.78. The molecule has 0 aliphatic rings. The second-order valence-corrected chi connectivity index (χ2v) is 3.22. The average Bonchev–Trinajstić information content (AvgIpc) is 2.70. The molecule has 0 radical (unpaired) electrons. The van der Waals surface area contributed by atoms with Crippen LogP contribution in [0.5, 0.6) is 0 Å². The summed E-state index contributed by atoms with van der Waals surface area (Å²) in [5.41, 5.74) is 1.12. The standard InChI is InChI=1S/C10H10FN3O/c1-7(15)9-4-8(11)2-3-10(9)14-6-12-5-13-14/h2-7,15H,1H3. The fourth-order valence-electron chi connectivity index (χ4n) is 1.40. The van der Waals surface area contributed by atoms with Gasteiger partial charge in [0.25, 0.3) is 0 Å². The molecule has 1 unspecified atom stereocenters. The summed E-state index contributed by atoms with van der Waals surface area (Å²) >= 11 is 0. The minimum Gasteiger partial charge on any atom is -0.389 e. The Morgan fingerprint density at radius 1 is 1.47 bits per heavy atom. The van der Waals surface area contributed by atoms with Crippen molar-refractivity contribution < 1.29 is 9.50 Å². The maximum atomic E-state index is 13.0. The smallest absolute Gasteiger partial charge is 0.138 e. The maximum absolute atomic E-state index is 13.0. The lowest BCUT2D eigenvalue weighted by atomic mass is 10.1. The van der Waals surface area contributed by atoms with Gasteiger partial charge in [-0.1, -0.05) is 0 Å². The molecule has 0 spiro atoms. The third-order valence-electron chi connectivity index (χ3n) is 2.11. The van der Waals surface area contributed by atoms with Crippen molar-refractivity contribution in [3.63, 3.8) is 0 Å². The molecule has 1 aromatic heterocycles. The minimum atomic E-state index is -0.750. The van der Waals surface area contributed by atoms with Crippen LogP contribution in [-0.2, 0) is 0 Å². The van der Waals surface area contributed by atoms with Gasteiger partial charge in [0, 0.05) is 5.56 Å². The molecular formula is C10H10FN3O. The highest BCUT2D eigenvalue weighted by Crippen LogP contribution is 2.21. The summed E-state index contributed by atoms with van der Waals surface area (Å²) in [7, 11) is 0. The van der Waals surface area contributed by atoms with E-state index in [4.69, 9.17) is 0 Å². The largest absolute Gasteiger partial charge is 0.389 e. The topological polar surface area (TPSA) is 50.9 Å². The first-order valence-electron chi connectivity index (χ1n) is 4.51. The Morgan fingerprint density at radius 3 is 2.87 bits per heavy atom. The van der Waals surface area contributed by atoms with E-state index < -0.39 is 6.10 Å².